The van der Waals surface area contributed by atoms with Gasteiger partial charge in [0.1, 0.15) is 5.60 Å². The van der Waals surface area contributed by atoms with Gasteiger partial charge < -0.3 is 5.11 Å². The maximum Gasteiger partial charge on any atom is 0.120 e. The summed E-state index contributed by atoms with van der Waals surface area (Å²) < 4.78 is 0. The van der Waals surface area contributed by atoms with Crippen LogP contribution in [0.4, 0.5) is 0 Å². The maximum absolute atomic E-state index is 9.55. The summed E-state index contributed by atoms with van der Waals surface area (Å²) in [5.41, 5.74) is 2.09. The number of halogens is 1. The third-order valence-electron chi connectivity index (χ3n) is 2.56. The average molecular weight is 271 g/mol. The van der Waals surface area contributed by atoms with Gasteiger partial charge in [0.2, 0.25) is 0 Å². The Hall–Kier alpha value is -1.75. The first-order valence-corrected chi connectivity index (χ1v) is 6.43. The lowest BCUT2D eigenvalue weighted by molar-refractivity contribution is 0.143. The van der Waals surface area contributed by atoms with Crippen LogP contribution in [0.5, 0.6) is 0 Å². The van der Waals surface area contributed by atoms with E-state index in [-0.39, 0.29) is 0 Å². The van der Waals surface area contributed by atoms with E-state index in [9.17, 15) is 5.11 Å². The van der Waals surface area contributed by atoms with E-state index >= 15 is 0 Å². The van der Waals surface area contributed by atoms with Crippen LogP contribution < -0.4 is 0 Å². The third-order valence-corrected chi connectivity index (χ3v) is 2.79. The zero-order chi connectivity index (χ0) is 13.9. The molecule has 0 atom stereocenters. The molecule has 0 aliphatic rings. The summed E-state index contributed by atoms with van der Waals surface area (Å²) in [6.07, 6.45) is 0. The summed E-state index contributed by atoms with van der Waals surface area (Å²) in [7, 11) is 0. The zero-order valence-corrected chi connectivity index (χ0v) is 11.7. The Morgan fingerprint density at radius 3 is 2.26 bits per heavy atom. The second-order valence-electron chi connectivity index (χ2n) is 4.90. The molecule has 0 bridgehead atoms. The summed E-state index contributed by atoms with van der Waals surface area (Å²) in [5.74, 6) is 5.74. The Kier molecular flexibility index (Phi) is 3.95. The standard InChI is InChI=1S/C17H15ClO/c1-17(2,19)11-10-13-6-8-14(9-7-13)15-4-3-5-16(18)12-15/h3-9,12,19H,1-2H3. The fraction of sp³-hybridized carbons (Fsp3) is 0.176. The normalized spacial score (nSPS) is 10.7. The molecule has 0 aliphatic carbocycles. The highest BCUT2D eigenvalue weighted by atomic mass is 35.5. The summed E-state index contributed by atoms with van der Waals surface area (Å²) in [4.78, 5) is 0. The van der Waals surface area contributed by atoms with Crippen molar-refractivity contribution in [1.29, 1.82) is 0 Å². The predicted molar refractivity (Wildman–Crippen MR) is 80.1 cm³/mol. The minimum absolute atomic E-state index is 0.725. The molecule has 0 fully saturated rings. The molecule has 1 N–H and O–H groups in total. The van der Waals surface area contributed by atoms with Crippen molar-refractivity contribution in [3.05, 3.63) is 59.1 Å². The van der Waals surface area contributed by atoms with Crippen LogP contribution in [-0.4, -0.2) is 10.7 Å². The molecule has 19 heavy (non-hydrogen) atoms. The highest BCUT2D eigenvalue weighted by Gasteiger charge is 2.05. The number of benzene rings is 2. The zero-order valence-electron chi connectivity index (χ0n) is 10.9. The largest absolute Gasteiger partial charge is 0.378 e. The van der Waals surface area contributed by atoms with Gasteiger partial charge in [0, 0.05) is 10.6 Å². The van der Waals surface area contributed by atoms with Gasteiger partial charge in [-0.3, -0.25) is 0 Å². The van der Waals surface area contributed by atoms with Crippen molar-refractivity contribution in [2.24, 2.45) is 0 Å². The van der Waals surface area contributed by atoms with Crippen LogP contribution in [0.25, 0.3) is 11.1 Å². The lowest BCUT2D eigenvalue weighted by Gasteiger charge is -2.06. The molecule has 1 nitrogen and oxygen atoms in total. The lowest BCUT2D eigenvalue weighted by atomic mass is 10.0. The highest BCUT2D eigenvalue weighted by molar-refractivity contribution is 6.30. The fourth-order valence-corrected chi connectivity index (χ4v) is 1.83. The quantitative estimate of drug-likeness (QED) is 0.773. The molecule has 0 aliphatic heterocycles. The Bertz CT molecular complexity index is 625. The van der Waals surface area contributed by atoms with Crippen molar-refractivity contribution in [3.8, 4) is 23.0 Å². The topological polar surface area (TPSA) is 20.2 Å². The van der Waals surface area contributed by atoms with Gasteiger partial charge in [-0.1, -0.05) is 47.7 Å². The van der Waals surface area contributed by atoms with Crippen LogP contribution in [0.15, 0.2) is 48.5 Å². The van der Waals surface area contributed by atoms with Crippen LogP contribution >= 0.6 is 11.6 Å². The Balaban J connectivity index is 2.26. The van der Waals surface area contributed by atoms with Crippen molar-refractivity contribution in [3.63, 3.8) is 0 Å². The molecular formula is C17H15ClO. The van der Waals surface area contributed by atoms with E-state index in [4.69, 9.17) is 11.6 Å². The van der Waals surface area contributed by atoms with E-state index < -0.39 is 5.60 Å². The summed E-state index contributed by atoms with van der Waals surface area (Å²) in [5, 5.41) is 10.3. The molecule has 2 rings (SSSR count). The van der Waals surface area contributed by atoms with Gasteiger partial charge in [-0.2, -0.15) is 0 Å². The van der Waals surface area contributed by atoms with Crippen LogP contribution in [0, 0.1) is 11.8 Å². The van der Waals surface area contributed by atoms with E-state index in [1.807, 2.05) is 48.5 Å². The molecule has 0 spiro atoms. The molecule has 0 amide bonds. The maximum atomic E-state index is 9.55. The van der Waals surface area contributed by atoms with Gasteiger partial charge in [-0.15, -0.1) is 0 Å². The van der Waals surface area contributed by atoms with Gasteiger partial charge in [0.05, 0.1) is 0 Å². The minimum Gasteiger partial charge on any atom is -0.378 e. The van der Waals surface area contributed by atoms with E-state index in [0.29, 0.717) is 0 Å². The van der Waals surface area contributed by atoms with Gasteiger partial charge in [0.15, 0.2) is 0 Å². The van der Waals surface area contributed by atoms with Crippen LogP contribution in [-0.2, 0) is 0 Å². The Labute approximate surface area is 118 Å². The number of rotatable bonds is 1. The van der Waals surface area contributed by atoms with Crippen LogP contribution in [0.3, 0.4) is 0 Å². The molecule has 0 heterocycles. The van der Waals surface area contributed by atoms with Crippen molar-refractivity contribution in [2.45, 2.75) is 19.4 Å². The fourth-order valence-electron chi connectivity index (χ4n) is 1.64. The third kappa shape index (κ3) is 4.13. The number of aliphatic hydroxyl groups is 1. The van der Waals surface area contributed by atoms with Crippen molar-refractivity contribution in [1.82, 2.24) is 0 Å². The monoisotopic (exact) mass is 270 g/mol. The highest BCUT2D eigenvalue weighted by Crippen LogP contribution is 2.22. The first kappa shape index (κ1) is 13.7. The molecule has 0 radical (unpaired) electrons. The Morgan fingerprint density at radius 1 is 1.00 bits per heavy atom. The lowest BCUT2D eigenvalue weighted by Crippen LogP contribution is -2.14. The molecule has 0 saturated carbocycles. The van der Waals surface area contributed by atoms with E-state index in [1.165, 1.54) is 0 Å². The first-order chi connectivity index (χ1) is 8.94. The van der Waals surface area contributed by atoms with Crippen molar-refractivity contribution < 1.29 is 5.11 Å². The van der Waals surface area contributed by atoms with Crippen LogP contribution in [0.2, 0.25) is 5.02 Å². The van der Waals surface area contributed by atoms with E-state index in [1.54, 1.807) is 13.8 Å². The smallest absolute Gasteiger partial charge is 0.120 e. The number of hydrogen-bond acceptors (Lipinski definition) is 1. The molecule has 96 valence electrons. The number of hydrogen-bond donors (Lipinski definition) is 1. The molecule has 2 aromatic carbocycles. The molecule has 0 aromatic heterocycles. The minimum atomic E-state index is -0.967. The van der Waals surface area contributed by atoms with Gasteiger partial charge in [-0.05, 0) is 49.2 Å². The summed E-state index contributed by atoms with van der Waals surface area (Å²) in [6.45, 7) is 3.33. The van der Waals surface area contributed by atoms with Gasteiger partial charge in [0.25, 0.3) is 0 Å². The van der Waals surface area contributed by atoms with E-state index in [0.717, 1.165) is 21.7 Å². The van der Waals surface area contributed by atoms with Gasteiger partial charge >= 0.3 is 0 Å². The second kappa shape index (κ2) is 5.48. The predicted octanol–water partition coefficient (Wildman–Crippen LogP) is 4.13. The van der Waals surface area contributed by atoms with Gasteiger partial charge in [-0.25, -0.2) is 0 Å². The molecule has 2 heteroatoms. The second-order valence-corrected chi connectivity index (χ2v) is 5.33. The Morgan fingerprint density at radius 2 is 1.68 bits per heavy atom. The summed E-state index contributed by atoms with van der Waals surface area (Å²) >= 11 is 5.98. The SMILES string of the molecule is CC(C)(O)C#Cc1ccc(-c2cccc(Cl)c2)cc1. The molecule has 0 saturated heterocycles. The molecular weight excluding hydrogens is 256 g/mol. The molecule has 0 unspecified atom stereocenters. The van der Waals surface area contributed by atoms with Crippen molar-refractivity contribution >= 4 is 11.6 Å². The van der Waals surface area contributed by atoms with Crippen LogP contribution in [0.1, 0.15) is 19.4 Å². The average Bonchev–Trinajstić information content (AvgIpc) is 2.36. The van der Waals surface area contributed by atoms with Crippen molar-refractivity contribution in [2.75, 3.05) is 0 Å². The summed E-state index contributed by atoms with van der Waals surface area (Å²) in [6, 6.07) is 15.6. The first-order valence-electron chi connectivity index (χ1n) is 6.06. The van der Waals surface area contributed by atoms with E-state index in [2.05, 4.69) is 11.8 Å². The molecule has 2 aromatic rings.